The van der Waals surface area contributed by atoms with Gasteiger partial charge in [0.15, 0.2) is 0 Å². The second-order valence-electron chi connectivity index (χ2n) is 9.75. The van der Waals surface area contributed by atoms with Gasteiger partial charge in [-0.2, -0.15) is 0 Å². The molecule has 0 heterocycles. The third-order valence-corrected chi connectivity index (χ3v) is 7.93. The molecule has 0 radical (unpaired) electrons. The minimum absolute atomic E-state index is 0.120. The first kappa shape index (κ1) is 20.2. The van der Waals surface area contributed by atoms with Crippen LogP contribution in [-0.2, 0) is 11.2 Å². The molecule has 0 aliphatic heterocycles. The van der Waals surface area contributed by atoms with Crippen LogP contribution in [0.25, 0.3) is 0 Å². The van der Waals surface area contributed by atoms with E-state index in [1.165, 1.54) is 18.4 Å². The van der Waals surface area contributed by atoms with Gasteiger partial charge in [0, 0.05) is 17.1 Å². The fourth-order valence-electron chi connectivity index (χ4n) is 6.17. The van der Waals surface area contributed by atoms with Crippen molar-refractivity contribution < 1.29 is 9.90 Å². The van der Waals surface area contributed by atoms with Crippen molar-refractivity contribution in [1.82, 2.24) is 10.2 Å². The maximum Gasteiger partial charge on any atom is 0.237 e. The summed E-state index contributed by atoms with van der Waals surface area (Å²) in [6.45, 7) is 4.16. The number of likely N-dealkylation sites (N-methyl/N-ethyl adjacent to an activating group) is 1. The molecule has 0 aromatic heterocycles. The molecule has 4 nitrogen and oxygen atoms in total. The predicted molar refractivity (Wildman–Crippen MR) is 112 cm³/mol. The Hall–Kier alpha value is -1.10. The van der Waals surface area contributed by atoms with E-state index in [9.17, 15) is 9.90 Å². The molecule has 4 aliphatic rings. The Morgan fingerprint density at radius 1 is 1.21 bits per heavy atom. The molecule has 4 aliphatic carbocycles. The summed E-state index contributed by atoms with van der Waals surface area (Å²) in [5.41, 5.74) is 0.776. The average molecular weight is 405 g/mol. The minimum atomic E-state index is -0.451. The van der Waals surface area contributed by atoms with Gasteiger partial charge in [0.05, 0.1) is 11.6 Å². The van der Waals surface area contributed by atoms with Crippen molar-refractivity contribution >= 4 is 17.5 Å². The van der Waals surface area contributed by atoms with Gasteiger partial charge in [0.25, 0.3) is 0 Å². The molecule has 0 spiro atoms. The van der Waals surface area contributed by atoms with Crippen molar-refractivity contribution in [3.8, 4) is 0 Å². The Labute approximate surface area is 173 Å². The molecule has 1 aromatic carbocycles. The summed E-state index contributed by atoms with van der Waals surface area (Å²) >= 11 is 5.98. The molecule has 5 heteroatoms. The number of nitrogens with zero attached hydrogens (tertiary/aromatic N) is 1. The summed E-state index contributed by atoms with van der Waals surface area (Å²) in [4.78, 5) is 15.2. The molecule has 154 valence electrons. The lowest BCUT2D eigenvalue weighted by atomic mass is 9.52. The normalized spacial score (nSPS) is 35.8. The first-order chi connectivity index (χ1) is 13.2. The highest BCUT2D eigenvalue weighted by Gasteiger charge is 2.55. The van der Waals surface area contributed by atoms with Crippen LogP contribution < -0.4 is 5.32 Å². The van der Waals surface area contributed by atoms with Gasteiger partial charge in [0.2, 0.25) is 5.91 Å². The smallest absolute Gasteiger partial charge is 0.237 e. The quantitative estimate of drug-likeness (QED) is 0.760. The van der Waals surface area contributed by atoms with Crippen LogP contribution in [0, 0.1) is 17.8 Å². The average Bonchev–Trinajstić information content (AvgIpc) is 2.63. The van der Waals surface area contributed by atoms with Gasteiger partial charge >= 0.3 is 0 Å². The Morgan fingerprint density at radius 3 is 2.39 bits per heavy atom. The summed E-state index contributed by atoms with van der Waals surface area (Å²) in [5, 5.41) is 14.9. The number of hydrogen-bond acceptors (Lipinski definition) is 3. The second kappa shape index (κ2) is 7.62. The molecule has 2 N–H and O–H groups in total. The van der Waals surface area contributed by atoms with Crippen LogP contribution >= 0.6 is 11.6 Å². The van der Waals surface area contributed by atoms with Crippen molar-refractivity contribution in [2.24, 2.45) is 17.8 Å². The number of rotatable bonds is 6. The van der Waals surface area contributed by atoms with E-state index in [1.54, 1.807) is 0 Å². The zero-order valence-electron chi connectivity index (χ0n) is 17.2. The number of hydrogen-bond donors (Lipinski definition) is 2. The van der Waals surface area contributed by atoms with Gasteiger partial charge in [-0.1, -0.05) is 23.7 Å². The molecule has 0 saturated heterocycles. The number of carbonyl (C=O) groups excluding carboxylic acids is 1. The summed E-state index contributed by atoms with van der Waals surface area (Å²) < 4.78 is 0. The largest absolute Gasteiger partial charge is 0.390 e. The number of halogens is 1. The maximum atomic E-state index is 13.0. The SMILES string of the molecule is CC(Cc1ccc(Cl)cc1)N(C)C(C)C(=O)NC1C2CC3CC1CC(O)(C3)C2. The Morgan fingerprint density at radius 2 is 1.82 bits per heavy atom. The fourth-order valence-corrected chi connectivity index (χ4v) is 6.30. The van der Waals surface area contributed by atoms with Crippen molar-refractivity contribution in [1.29, 1.82) is 0 Å². The molecule has 28 heavy (non-hydrogen) atoms. The molecule has 4 fully saturated rings. The standard InChI is InChI=1S/C23H33ClN2O2/c1-14(8-16-4-6-20(24)7-5-16)26(3)15(2)22(27)25-21-18-9-17-10-19(21)13-23(28,11-17)12-18/h4-7,14-15,17-19,21,28H,8-13H2,1-3H3,(H,25,27). The first-order valence-corrected chi connectivity index (χ1v) is 11.1. The number of nitrogens with one attached hydrogen (secondary N) is 1. The van der Waals surface area contributed by atoms with E-state index in [4.69, 9.17) is 11.6 Å². The minimum Gasteiger partial charge on any atom is -0.390 e. The van der Waals surface area contributed by atoms with Crippen LogP contribution in [0.3, 0.4) is 0 Å². The van der Waals surface area contributed by atoms with E-state index in [-0.39, 0.29) is 24.0 Å². The topological polar surface area (TPSA) is 52.6 Å². The summed E-state index contributed by atoms with van der Waals surface area (Å²) in [6, 6.07) is 8.25. The van der Waals surface area contributed by atoms with E-state index in [0.29, 0.717) is 17.8 Å². The third-order valence-electron chi connectivity index (χ3n) is 7.68. The first-order valence-electron chi connectivity index (χ1n) is 10.7. The molecule has 4 unspecified atom stereocenters. The lowest BCUT2D eigenvalue weighted by Gasteiger charge is -2.58. The van der Waals surface area contributed by atoms with Crippen LogP contribution in [0.1, 0.15) is 51.5 Å². The number of benzene rings is 1. The van der Waals surface area contributed by atoms with Crippen LogP contribution in [0.4, 0.5) is 0 Å². The van der Waals surface area contributed by atoms with Crippen molar-refractivity contribution in [3.63, 3.8) is 0 Å². The zero-order chi connectivity index (χ0) is 20.1. The van der Waals surface area contributed by atoms with Crippen LogP contribution in [0.5, 0.6) is 0 Å². The van der Waals surface area contributed by atoms with Gasteiger partial charge in [0.1, 0.15) is 0 Å². The molecule has 4 saturated carbocycles. The van der Waals surface area contributed by atoms with Gasteiger partial charge in [-0.3, -0.25) is 9.69 Å². The van der Waals surface area contributed by atoms with Gasteiger partial charge in [-0.15, -0.1) is 0 Å². The molecular weight excluding hydrogens is 372 g/mol. The van der Waals surface area contributed by atoms with Crippen molar-refractivity contribution in [2.45, 2.75) is 76.1 Å². The molecule has 4 atom stereocenters. The predicted octanol–water partition coefficient (Wildman–Crippen LogP) is 3.65. The van der Waals surface area contributed by atoms with Gasteiger partial charge < -0.3 is 10.4 Å². The highest BCUT2D eigenvalue weighted by Crippen LogP contribution is 2.55. The van der Waals surface area contributed by atoms with Gasteiger partial charge in [-0.05, 0) is 94.9 Å². The monoisotopic (exact) mass is 404 g/mol. The summed E-state index contributed by atoms with van der Waals surface area (Å²) in [7, 11) is 2.03. The summed E-state index contributed by atoms with van der Waals surface area (Å²) in [5.74, 6) is 1.68. The highest BCUT2D eigenvalue weighted by atomic mass is 35.5. The molecule has 1 aromatic rings. The number of aliphatic hydroxyl groups is 1. The molecule has 4 bridgehead atoms. The van der Waals surface area contributed by atoms with E-state index in [0.717, 1.165) is 30.7 Å². The van der Waals surface area contributed by atoms with E-state index < -0.39 is 5.60 Å². The number of amides is 1. The lowest BCUT2D eigenvalue weighted by molar-refractivity contribution is -0.148. The van der Waals surface area contributed by atoms with Crippen molar-refractivity contribution in [2.75, 3.05) is 7.05 Å². The van der Waals surface area contributed by atoms with Crippen LogP contribution in [0.15, 0.2) is 24.3 Å². The van der Waals surface area contributed by atoms with E-state index in [2.05, 4.69) is 29.3 Å². The second-order valence-corrected chi connectivity index (χ2v) is 10.2. The van der Waals surface area contributed by atoms with E-state index >= 15 is 0 Å². The lowest BCUT2D eigenvalue weighted by Crippen LogP contribution is -2.63. The summed E-state index contributed by atoms with van der Waals surface area (Å²) in [6.07, 6.45) is 5.92. The van der Waals surface area contributed by atoms with Crippen LogP contribution in [0.2, 0.25) is 5.02 Å². The number of carbonyl (C=O) groups is 1. The maximum absolute atomic E-state index is 13.0. The third kappa shape index (κ3) is 3.96. The molecule has 1 amide bonds. The van der Waals surface area contributed by atoms with Gasteiger partial charge in [-0.25, -0.2) is 0 Å². The van der Waals surface area contributed by atoms with Crippen LogP contribution in [-0.4, -0.2) is 46.7 Å². The Kier molecular flexibility index (Phi) is 5.49. The highest BCUT2D eigenvalue weighted by molar-refractivity contribution is 6.30. The Balaban J connectivity index is 1.34. The zero-order valence-corrected chi connectivity index (χ0v) is 18.0. The Bertz CT molecular complexity index is 706. The molecular formula is C23H33ClN2O2. The molecule has 5 rings (SSSR count). The van der Waals surface area contributed by atoms with Crippen molar-refractivity contribution in [3.05, 3.63) is 34.9 Å². The van der Waals surface area contributed by atoms with E-state index in [1.807, 2.05) is 26.1 Å². The fraction of sp³-hybridized carbons (Fsp3) is 0.696.